The van der Waals surface area contributed by atoms with Gasteiger partial charge in [-0.1, -0.05) is 40.8 Å². The number of ether oxygens (including phenoxy) is 16. The number of nitrogens with zero attached hydrogens (tertiary/aromatic N) is 1. The summed E-state index contributed by atoms with van der Waals surface area (Å²) in [7, 11) is 0. The van der Waals surface area contributed by atoms with Crippen LogP contribution in [0.1, 0.15) is 199 Å². The van der Waals surface area contributed by atoms with Crippen molar-refractivity contribution < 1.29 is 133 Å². The van der Waals surface area contributed by atoms with Crippen molar-refractivity contribution in [2.24, 2.45) is 5.92 Å². The quantitative estimate of drug-likeness (QED) is 0.0362. The number of nitrogens with one attached hydrogen (secondary N) is 4. The van der Waals surface area contributed by atoms with Crippen LogP contribution in [0.2, 0.25) is 0 Å². The molecular formula is C70H107N5O28. The molecule has 5 fully saturated rings. The highest BCUT2D eigenvalue weighted by atomic mass is 16.8. The Morgan fingerprint density at radius 1 is 0.485 bits per heavy atom. The van der Waals surface area contributed by atoms with E-state index >= 15 is 0 Å². The molecule has 1 saturated carbocycles. The van der Waals surface area contributed by atoms with E-state index < -0.39 is 236 Å². The second-order valence-corrected chi connectivity index (χ2v) is 29.5. The van der Waals surface area contributed by atoms with E-state index in [9.17, 15) is 57.5 Å². The Morgan fingerprint density at radius 3 is 1.42 bits per heavy atom. The number of Topliss-reactive ketones (excluding diaryl/α,β-unsaturated/α-hetero) is 1. The summed E-state index contributed by atoms with van der Waals surface area (Å²) < 4.78 is 99.3. The molecule has 5 heterocycles. The van der Waals surface area contributed by atoms with E-state index in [0.717, 1.165) is 39.5 Å². The highest BCUT2D eigenvalue weighted by Gasteiger charge is 2.63. The molecule has 33 heteroatoms. The number of esters is 5. The predicted octanol–water partition coefficient (Wildman–Crippen LogP) is 6.70. The first-order chi connectivity index (χ1) is 46.9. The first kappa shape index (κ1) is 85.8. The first-order valence-electron chi connectivity index (χ1n) is 33.8. The van der Waals surface area contributed by atoms with E-state index in [1.54, 1.807) is 109 Å². The fraction of sp³-hybridized carbons (Fsp3) is 0.743. The van der Waals surface area contributed by atoms with Crippen LogP contribution in [0.5, 0.6) is 0 Å². The van der Waals surface area contributed by atoms with Gasteiger partial charge in [0, 0.05) is 59.9 Å². The van der Waals surface area contributed by atoms with Gasteiger partial charge in [0.15, 0.2) is 49.1 Å². The van der Waals surface area contributed by atoms with Crippen LogP contribution in [0.15, 0.2) is 24.3 Å². The van der Waals surface area contributed by atoms with Gasteiger partial charge in [-0.15, -0.1) is 0 Å². The van der Waals surface area contributed by atoms with Gasteiger partial charge in [0.2, 0.25) is 0 Å². The average Bonchev–Trinajstić information content (AvgIpc) is 1.62. The summed E-state index contributed by atoms with van der Waals surface area (Å²) >= 11 is 0. The molecule has 580 valence electrons. The van der Waals surface area contributed by atoms with Crippen molar-refractivity contribution >= 4 is 71.8 Å². The summed E-state index contributed by atoms with van der Waals surface area (Å²) in [5.74, 6) is -7.83. The van der Waals surface area contributed by atoms with Crippen LogP contribution < -0.4 is 21.3 Å². The van der Waals surface area contributed by atoms with Gasteiger partial charge in [-0.05, 0) is 114 Å². The molecule has 4 saturated heterocycles. The number of epoxide rings is 1. The number of imide groups is 1. The lowest BCUT2D eigenvalue weighted by molar-refractivity contribution is -0.297. The molecule has 1 aromatic rings. The molecule has 1 aromatic carbocycles. The van der Waals surface area contributed by atoms with Crippen LogP contribution in [-0.2, 0) is 105 Å². The van der Waals surface area contributed by atoms with Crippen molar-refractivity contribution in [1.29, 1.82) is 0 Å². The number of ketones is 1. The highest BCUT2D eigenvalue weighted by Crippen LogP contribution is 2.44. The van der Waals surface area contributed by atoms with Crippen LogP contribution in [0.4, 0.5) is 19.2 Å². The van der Waals surface area contributed by atoms with E-state index in [4.69, 9.17) is 75.8 Å². The molecule has 0 unspecified atom stereocenters. The van der Waals surface area contributed by atoms with Crippen molar-refractivity contribution in [3.05, 3.63) is 35.4 Å². The van der Waals surface area contributed by atoms with Crippen molar-refractivity contribution in [3.63, 3.8) is 0 Å². The molecule has 7 rings (SSSR count). The zero-order valence-electron chi connectivity index (χ0n) is 60.7. The van der Waals surface area contributed by atoms with E-state index in [2.05, 4.69) is 21.3 Å². The fourth-order valence-electron chi connectivity index (χ4n) is 12.6. The molecule has 6 aliphatic rings. The van der Waals surface area contributed by atoms with Crippen molar-refractivity contribution in [1.82, 2.24) is 26.2 Å². The Labute approximate surface area is 600 Å². The molecule has 0 spiro atoms. The summed E-state index contributed by atoms with van der Waals surface area (Å²) in [6, 6.07) is 1.79. The number of fused-ring (bicyclic) bond motifs is 2. The van der Waals surface area contributed by atoms with Crippen molar-refractivity contribution in [2.45, 2.75) is 317 Å². The number of hydrogen-bond donors (Lipinski definition) is 4. The highest BCUT2D eigenvalue weighted by molar-refractivity contribution is 6.21. The third kappa shape index (κ3) is 23.8. The van der Waals surface area contributed by atoms with Gasteiger partial charge in [0.05, 0.1) is 29.8 Å². The number of hydrogen-bond acceptors (Lipinski definition) is 28. The van der Waals surface area contributed by atoms with E-state index in [1.807, 2.05) is 0 Å². The van der Waals surface area contributed by atoms with Crippen LogP contribution in [-0.4, -0.2) is 229 Å². The lowest BCUT2D eigenvalue weighted by atomic mass is 9.76. The van der Waals surface area contributed by atoms with E-state index in [1.165, 1.54) is 12.1 Å². The largest absolute Gasteiger partial charge is 0.459 e. The number of carbonyl (C=O) groups is 12. The minimum Gasteiger partial charge on any atom is -0.459 e. The van der Waals surface area contributed by atoms with E-state index in [0.29, 0.717) is 0 Å². The standard InChI is InChI=1S/C68H99N5O28.2CH4/c1-20-41-49(88-33(5)76)52(89-34(6)77)45(71-63(84)100-67(14,15)16)58(91-41)96-50-42(21-2)92-60(55(50)90-35(7)78)97-54-47(87-32(4)75)36(29-40(79)43(86-31(3)74)26-27-69-61(82)98-65(8,9)10)28-39(70-62(83)99-66(11,12)13)48(54)95-59-46(72-64(85)101-68(17,18)19)53-51(94-53)44(93-59)30-73-56(80)37-24-22-23-25-38(37)57(73)81;;/h22-25,36,39,41-55,58-60H,20-21,26-30H2,1-19H3,(H,69,82)(H,70,83)(H,71,84)(H,72,85);2*1H4/t36-,39-,41-,42+,43-,44+,45+,46+,47-,48+,49+,50+,51-,52+,53+,54+,55+,58+,59+,60-;;/m0../s1. The van der Waals surface area contributed by atoms with Gasteiger partial charge in [-0.25, -0.2) is 19.2 Å². The zero-order valence-corrected chi connectivity index (χ0v) is 60.7. The minimum atomic E-state index is -1.89. The van der Waals surface area contributed by atoms with E-state index in [-0.39, 0.29) is 51.8 Å². The second kappa shape index (κ2) is 35.3. The van der Waals surface area contributed by atoms with Crippen LogP contribution in [0, 0.1) is 5.92 Å². The third-order valence-electron chi connectivity index (χ3n) is 16.3. The first-order valence-corrected chi connectivity index (χ1v) is 33.8. The maximum absolute atomic E-state index is 15.0. The Kier molecular flexibility index (Phi) is 29.4. The summed E-state index contributed by atoms with van der Waals surface area (Å²) in [4.78, 5) is 165. The summed E-state index contributed by atoms with van der Waals surface area (Å²) in [5, 5.41) is 10.8. The Morgan fingerprint density at radius 2 is 0.913 bits per heavy atom. The van der Waals surface area contributed by atoms with Gasteiger partial charge < -0.3 is 97.1 Å². The summed E-state index contributed by atoms with van der Waals surface area (Å²) in [6.07, 6.45) is -29.0. The van der Waals surface area contributed by atoms with Gasteiger partial charge in [0.1, 0.15) is 83.3 Å². The van der Waals surface area contributed by atoms with Crippen LogP contribution in [0.25, 0.3) is 0 Å². The Bertz CT molecular complexity index is 3180. The number of amides is 6. The Balaban J connectivity index is 0.00000954. The number of rotatable bonds is 24. The molecular weight excluding hydrogens is 1360 g/mol. The Hall–Kier alpha value is -7.82. The number of benzene rings is 1. The normalized spacial score (nSPS) is 29.8. The second-order valence-electron chi connectivity index (χ2n) is 29.5. The number of alkyl carbamates (subject to hydrolysis) is 4. The maximum Gasteiger partial charge on any atom is 0.408 e. The lowest BCUT2D eigenvalue weighted by Crippen LogP contribution is -2.67. The van der Waals surface area contributed by atoms with Gasteiger partial charge in [0.25, 0.3) is 11.8 Å². The molecule has 1 aliphatic carbocycles. The fourth-order valence-corrected chi connectivity index (χ4v) is 12.6. The molecule has 20 atom stereocenters. The van der Waals surface area contributed by atoms with Gasteiger partial charge in [-0.2, -0.15) is 0 Å². The molecule has 4 N–H and O–H groups in total. The average molecular weight is 1470 g/mol. The SMILES string of the molecule is C.C.CC[C@@H]1O[C@H](O[C@H]2[C@@H](OC(C)=O)[C@H](O[C@@H]3[C@@H](OC(C)=O)[C@H](CC(=O)[C@H](CCNC(=O)OC(C)(C)C)OC(C)=O)C[C@H](NC(=O)OC(C)(C)C)[C@H]3O[C@H]3O[C@H](CN4C(=O)c5ccccc5C4=O)[C@@H]4O[C@@H]4[C@H]3NC(=O)OC(C)(C)C)O[C@@H]2CC)[C@H](NC(=O)OC(C)(C)C)[C@@H](OC(C)=O)[C@@H]1OC(C)=O. The molecule has 0 aromatic heterocycles. The van der Waals surface area contributed by atoms with Crippen molar-refractivity contribution in [2.75, 3.05) is 13.1 Å². The number of carbonyl (C=O) groups excluding carboxylic acids is 12. The van der Waals surface area contributed by atoms with Crippen LogP contribution in [0.3, 0.4) is 0 Å². The molecule has 6 amide bonds. The topological polar surface area (TPSA) is 407 Å². The maximum atomic E-state index is 15.0. The zero-order chi connectivity index (χ0) is 75.1. The third-order valence-corrected chi connectivity index (χ3v) is 16.3. The molecule has 0 bridgehead atoms. The van der Waals surface area contributed by atoms with Crippen LogP contribution >= 0.6 is 0 Å². The minimum absolute atomic E-state index is 0. The predicted molar refractivity (Wildman–Crippen MR) is 359 cm³/mol. The van der Waals surface area contributed by atoms with Gasteiger partial charge in [-0.3, -0.25) is 43.3 Å². The summed E-state index contributed by atoms with van der Waals surface area (Å²) in [5.41, 5.74) is -3.99. The molecule has 5 aliphatic heterocycles. The lowest BCUT2D eigenvalue weighted by Gasteiger charge is -2.48. The van der Waals surface area contributed by atoms with Crippen molar-refractivity contribution in [3.8, 4) is 0 Å². The molecule has 33 nitrogen and oxygen atoms in total. The monoisotopic (exact) mass is 1470 g/mol. The molecule has 0 radical (unpaired) electrons. The van der Waals surface area contributed by atoms with Gasteiger partial charge >= 0.3 is 54.2 Å². The molecule has 103 heavy (non-hydrogen) atoms. The summed E-state index contributed by atoms with van der Waals surface area (Å²) in [6.45, 7) is 27.4. The smallest absolute Gasteiger partial charge is 0.408 e.